The average Bonchev–Trinajstić information content (AvgIpc) is 4.09. The van der Waals surface area contributed by atoms with Gasteiger partial charge in [0.05, 0.1) is 38.6 Å². The van der Waals surface area contributed by atoms with E-state index in [1.165, 1.54) is 0 Å². The van der Waals surface area contributed by atoms with Gasteiger partial charge in [0.15, 0.2) is 0 Å². The zero-order valence-electron chi connectivity index (χ0n) is 29.2. The van der Waals surface area contributed by atoms with Gasteiger partial charge in [-0.05, 0) is 97.1 Å². The number of aromatic nitrogens is 1. The molecule has 2 saturated heterocycles. The van der Waals surface area contributed by atoms with Gasteiger partial charge in [0.1, 0.15) is 48.4 Å². The predicted octanol–water partition coefficient (Wildman–Crippen LogP) is 8.67. The molecule has 1 aromatic heterocycles. The number of aryl methyl sites for hydroxylation is 1. The van der Waals surface area contributed by atoms with Crippen molar-refractivity contribution < 1.29 is 37.9 Å². The summed E-state index contributed by atoms with van der Waals surface area (Å²) in [6, 6.07) is 35.7. The summed E-state index contributed by atoms with van der Waals surface area (Å²) in [6.45, 7) is 9.80. The van der Waals surface area contributed by atoms with Gasteiger partial charge >= 0.3 is 0 Å². The molecule has 264 valence electrons. The number of hydrogen-bond acceptors (Lipinski definition) is 9. The molecule has 0 saturated carbocycles. The minimum Gasteiger partial charge on any atom is -0.491 e. The van der Waals surface area contributed by atoms with Crippen molar-refractivity contribution in [3.63, 3.8) is 0 Å². The zero-order valence-corrected chi connectivity index (χ0v) is 29.2. The van der Waals surface area contributed by atoms with E-state index >= 15 is 0 Å². The molecule has 4 atom stereocenters. The van der Waals surface area contributed by atoms with Gasteiger partial charge in [-0.3, -0.25) is 0 Å². The monoisotopic (exact) mass is 689 g/mol. The molecule has 0 bridgehead atoms. The van der Waals surface area contributed by atoms with Crippen LogP contribution in [0.15, 0.2) is 109 Å². The quantitative estimate of drug-likeness (QED) is 0.0838. The molecule has 0 aliphatic carbocycles. The van der Waals surface area contributed by atoms with Crippen molar-refractivity contribution in [3.05, 3.63) is 115 Å². The number of ether oxygens (including phenoxy) is 8. The summed E-state index contributed by atoms with van der Waals surface area (Å²) in [5.74, 6) is 3.89. The first-order chi connectivity index (χ1) is 24.9. The summed E-state index contributed by atoms with van der Waals surface area (Å²) in [7, 11) is 0. The Morgan fingerprint density at radius 3 is 1.22 bits per heavy atom. The molecule has 4 unspecified atom stereocenters. The van der Waals surface area contributed by atoms with E-state index in [1.54, 1.807) is 0 Å². The molecule has 2 fully saturated rings. The van der Waals surface area contributed by atoms with Gasteiger partial charge in [-0.15, -0.1) is 0 Å². The Labute approximate surface area is 299 Å². The molecule has 2 aliphatic heterocycles. The molecule has 0 radical (unpaired) electrons. The summed E-state index contributed by atoms with van der Waals surface area (Å²) < 4.78 is 45.9. The lowest BCUT2D eigenvalue weighted by molar-refractivity contribution is 0.0241. The van der Waals surface area contributed by atoms with Gasteiger partial charge in [-0.25, -0.2) is 0 Å². The molecule has 0 spiro atoms. The summed E-state index contributed by atoms with van der Waals surface area (Å²) >= 11 is 0. The van der Waals surface area contributed by atoms with Gasteiger partial charge in [0.2, 0.25) is 11.8 Å². The molecular weight excluding hydrogens is 646 g/mol. The van der Waals surface area contributed by atoms with Crippen LogP contribution in [-0.2, 0) is 18.9 Å². The van der Waals surface area contributed by atoms with Crippen molar-refractivity contribution >= 4 is 0 Å². The Hall–Kier alpha value is -4.93. The average molecular weight is 690 g/mol. The minimum atomic E-state index is 0.00306. The third kappa shape index (κ3) is 10.5. The second kappa shape index (κ2) is 16.4. The minimum absolute atomic E-state index is 0.00306. The Bertz CT molecular complexity index is 1700. The lowest BCUT2D eigenvalue weighted by Crippen LogP contribution is -2.20. The molecule has 51 heavy (non-hydrogen) atoms. The largest absolute Gasteiger partial charge is 0.491 e. The Morgan fingerprint density at radius 1 is 0.549 bits per heavy atom. The molecule has 4 aromatic carbocycles. The highest BCUT2D eigenvalue weighted by Gasteiger charge is 2.24. The van der Waals surface area contributed by atoms with Crippen LogP contribution in [0.2, 0.25) is 0 Å². The van der Waals surface area contributed by atoms with Crippen LogP contribution in [0.25, 0.3) is 22.3 Å². The summed E-state index contributed by atoms with van der Waals surface area (Å²) in [5, 5.41) is 0. The van der Waals surface area contributed by atoms with E-state index in [-0.39, 0.29) is 24.4 Å². The van der Waals surface area contributed by atoms with Crippen LogP contribution in [-0.4, -0.2) is 69.0 Å². The second-order valence-electron chi connectivity index (χ2n) is 12.9. The number of hydrogen-bond donors (Lipinski definition) is 0. The summed E-state index contributed by atoms with van der Waals surface area (Å²) in [6.07, 6.45) is 0.514. The third-order valence-electron chi connectivity index (χ3n) is 8.36. The van der Waals surface area contributed by atoms with Gasteiger partial charge in [0.25, 0.3) is 0 Å². The molecule has 9 nitrogen and oxygen atoms in total. The van der Waals surface area contributed by atoms with Crippen molar-refractivity contribution in [2.75, 3.05) is 39.6 Å². The van der Waals surface area contributed by atoms with E-state index in [0.29, 0.717) is 49.7 Å². The van der Waals surface area contributed by atoms with Crippen LogP contribution in [0.5, 0.6) is 34.8 Å². The highest BCUT2D eigenvalue weighted by molar-refractivity contribution is 5.66. The number of epoxide rings is 2. The Kier molecular flexibility index (Phi) is 11.1. The molecule has 7 rings (SSSR count). The van der Waals surface area contributed by atoms with E-state index in [2.05, 4.69) is 4.98 Å². The first-order valence-corrected chi connectivity index (χ1v) is 17.4. The maximum Gasteiger partial charge on any atom is 0.222 e. The fraction of sp³-hybridized carbons (Fsp3) is 0.310. The normalized spacial score (nSPS) is 17.3. The van der Waals surface area contributed by atoms with Crippen LogP contribution < -0.4 is 18.9 Å². The third-order valence-corrected chi connectivity index (χ3v) is 8.36. The molecule has 2 aliphatic rings. The van der Waals surface area contributed by atoms with Gasteiger partial charge in [-0.1, -0.05) is 48.5 Å². The molecule has 0 N–H and O–H groups in total. The van der Waals surface area contributed by atoms with Crippen molar-refractivity contribution in [1.29, 1.82) is 0 Å². The van der Waals surface area contributed by atoms with E-state index in [0.717, 1.165) is 52.5 Å². The second-order valence-corrected chi connectivity index (χ2v) is 12.9. The lowest BCUT2D eigenvalue weighted by Gasteiger charge is -2.14. The SMILES string of the molecule is Cc1cc(Oc2ccc(-c3ccc(OCC(C)OCC4CO4)cc3)cc2)nc(Oc2ccc(-c3ccc(OCC(C)OCC4CO4)cc3)cc2)c1. The van der Waals surface area contributed by atoms with Crippen LogP contribution >= 0.6 is 0 Å². The maximum absolute atomic E-state index is 6.13. The first kappa shape index (κ1) is 34.5. The molecular formula is C42H43NO8. The van der Waals surface area contributed by atoms with Crippen LogP contribution in [0.3, 0.4) is 0 Å². The van der Waals surface area contributed by atoms with Crippen LogP contribution in [0.1, 0.15) is 19.4 Å². The number of pyridine rings is 1. The smallest absolute Gasteiger partial charge is 0.222 e. The van der Waals surface area contributed by atoms with Crippen molar-refractivity contribution in [2.24, 2.45) is 0 Å². The molecule has 0 amide bonds. The lowest BCUT2D eigenvalue weighted by atomic mass is 10.1. The highest BCUT2D eigenvalue weighted by Crippen LogP contribution is 2.31. The van der Waals surface area contributed by atoms with E-state index in [4.69, 9.17) is 37.9 Å². The highest BCUT2D eigenvalue weighted by atomic mass is 16.6. The van der Waals surface area contributed by atoms with Crippen LogP contribution in [0.4, 0.5) is 0 Å². The van der Waals surface area contributed by atoms with E-state index in [9.17, 15) is 0 Å². The standard InChI is InChI=1S/C42H43NO8/c1-28-20-41(50-37-16-8-33(9-17-37)31-4-12-35(13-5-31)46-22-29(2)44-24-39-26-48-39)43-42(21-28)51-38-18-10-34(11-19-38)32-6-14-36(15-7-32)47-23-30(3)45-25-40-27-49-40/h4-21,29-30,39-40H,22-27H2,1-3H3. The van der Waals surface area contributed by atoms with Gasteiger partial charge in [0, 0.05) is 12.1 Å². The van der Waals surface area contributed by atoms with Gasteiger partial charge < -0.3 is 37.9 Å². The molecule has 3 heterocycles. The Balaban J connectivity index is 0.895. The predicted molar refractivity (Wildman–Crippen MR) is 194 cm³/mol. The van der Waals surface area contributed by atoms with Crippen molar-refractivity contribution in [3.8, 4) is 57.0 Å². The summed E-state index contributed by atoms with van der Waals surface area (Å²) in [4.78, 5) is 4.61. The number of rotatable bonds is 18. The van der Waals surface area contributed by atoms with Crippen LogP contribution in [0, 0.1) is 6.92 Å². The zero-order chi connectivity index (χ0) is 35.0. The number of benzene rings is 4. The topological polar surface area (TPSA) is 93.3 Å². The van der Waals surface area contributed by atoms with Gasteiger partial charge in [-0.2, -0.15) is 4.98 Å². The molecule has 5 aromatic rings. The molecule has 9 heteroatoms. The Morgan fingerprint density at radius 2 is 0.882 bits per heavy atom. The number of nitrogens with zero attached hydrogens (tertiary/aromatic N) is 1. The first-order valence-electron chi connectivity index (χ1n) is 17.4. The van der Waals surface area contributed by atoms with E-state index < -0.39 is 0 Å². The van der Waals surface area contributed by atoms with E-state index in [1.807, 2.05) is 130 Å². The van der Waals surface area contributed by atoms with Crippen molar-refractivity contribution in [1.82, 2.24) is 4.98 Å². The fourth-order valence-electron chi connectivity index (χ4n) is 5.26. The fourth-order valence-corrected chi connectivity index (χ4v) is 5.26. The maximum atomic E-state index is 6.13. The summed E-state index contributed by atoms with van der Waals surface area (Å²) in [5.41, 5.74) is 5.27. The van der Waals surface area contributed by atoms with Crippen molar-refractivity contribution in [2.45, 2.75) is 45.2 Å².